The van der Waals surface area contributed by atoms with Gasteiger partial charge in [0.25, 0.3) is 0 Å². The van der Waals surface area contributed by atoms with Crippen LogP contribution < -0.4 is 4.90 Å². The Balaban J connectivity index is 1.83. The Bertz CT molecular complexity index is 683. The van der Waals surface area contributed by atoms with Crippen LogP contribution in [-0.2, 0) is 9.47 Å². The topological polar surface area (TPSA) is 64.8 Å². The molecule has 3 heterocycles. The minimum absolute atomic E-state index is 0.172. The first kappa shape index (κ1) is 15.6. The van der Waals surface area contributed by atoms with E-state index in [1.54, 1.807) is 25.3 Å². The van der Waals surface area contributed by atoms with Crippen LogP contribution in [0.15, 0.2) is 34.9 Å². The van der Waals surface area contributed by atoms with Gasteiger partial charge in [-0.2, -0.15) is 0 Å². The molecule has 0 aromatic carbocycles. The van der Waals surface area contributed by atoms with Crippen LogP contribution in [0.3, 0.4) is 0 Å². The molecule has 1 aliphatic heterocycles. The molecule has 0 saturated carbocycles. The zero-order valence-electron chi connectivity index (χ0n) is 13.3. The van der Waals surface area contributed by atoms with E-state index in [-0.39, 0.29) is 12.1 Å². The summed E-state index contributed by atoms with van der Waals surface area (Å²) in [5, 5.41) is 0. The Morgan fingerprint density at radius 3 is 3.04 bits per heavy atom. The average Bonchev–Trinajstić information content (AvgIpc) is 3.02. The van der Waals surface area contributed by atoms with Crippen LogP contribution >= 0.6 is 0 Å². The van der Waals surface area contributed by atoms with Crippen molar-refractivity contribution >= 4 is 11.8 Å². The van der Waals surface area contributed by atoms with Crippen molar-refractivity contribution in [3.63, 3.8) is 0 Å². The molecule has 0 radical (unpaired) electrons. The smallest absolute Gasteiger partial charge is 0.341 e. The van der Waals surface area contributed by atoms with E-state index in [1.165, 1.54) is 0 Å². The maximum Gasteiger partial charge on any atom is 0.341 e. The predicted octanol–water partition coefficient (Wildman–Crippen LogP) is 2.74. The van der Waals surface area contributed by atoms with Crippen molar-refractivity contribution < 1.29 is 18.7 Å². The first-order chi connectivity index (χ1) is 11.2. The highest BCUT2D eigenvalue weighted by Gasteiger charge is 2.28. The number of morpholine rings is 1. The first-order valence-electron chi connectivity index (χ1n) is 7.74. The molecular formula is C17H20N2O4. The third-order valence-electron chi connectivity index (χ3n) is 3.73. The van der Waals surface area contributed by atoms with Crippen LogP contribution in [0.2, 0.25) is 0 Å². The molecule has 1 aliphatic rings. The highest BCUT2D eigenvalue weighted by Crippen LogP contribution is 2.28. The molecule has 23 heavy (non-hydrogen) atoms. The lowest BCUT2D eigenvalue weighted by Crippen LogP contribution is -2.39. The Morgan fingerprint density at radius 2 is 2.30 bits per heavy atom. The molecule has 3 rings (SSSR count). The van der Waals surface area contributed by atoms with Gasteiger partial charge >= 0.3 is 5.97 Å². The van der Waals surface area contributed by atoms with Crippen molar-refractivity contribution in [2.24, 2.45) is 0 Å². The summed E-state index contributed by atoms with van der Waals surface area (Å²) < 4.78 is 16.6. The highest BCUT2D eigenvalue weighted by molar-refractivity contribution is 5.94. The summed E-state index contributed by atoms with van der Waals surface area (Å²) >= 11 is 0. The molecule has 1 saturated heterocycles. The van der Waals surface area contributed by atoms with Crippen molar-refractivity contribution in [2.75, 3.05) is 31.2 Å². The van der Waals surface area contributed by atoms with Crippen LogP contribution in [0.1, 0.15) is 34.9 Å². The molecule has 0 N–H and O–H groups in total. The summed E-state index contributed by atoms with van der Waals surface area (Å²) in [5.74, 6) is 1.92. The van der Waals surface area contributed by atoms with Crippen molar-refractivity contribution in [3.8, 4) is 0 Å². The number of rotatable bonds is 4. The molecule has 1 atom stereocenters. The number of furan rings is 1. The van der Waals surface area contributed by atoms with E-state index in [4.69, 9.17) is 13.9 Å². The molecular weight excluding hydrogens is 296 g/mol. The molecule has 0 bridgehead atoms. The number of carbonyl (C=O) groups excluding carboxylic acids is 1. The van der Waals surface area contributed by atoms with E-state index >= 15 is 0 Å². The third-order valence-corrected chi connectivity index (χ3v) is 3.73. The van der Waals surface area contributed by atoms with E-state index in [0.717, 1.165) is 11.5 Å². The van der Waals surface area contributed by atoms with Gasteiger partial charge in [-0.25, -0.2) is 9.78 Å². The maximum absolute atomic E-state index is 12.1. The summed E-state index contributed by atoms with van der Waals surface area (Å²) in [6.07, 6.45) is 1.51. The number of carbonyl (C=O) groups is 1. The number of anilines is 1. The second-order valence-corrected chi connectivity index (χ2v) is 5.35. The molecule has 6 heteroatoms. The monoisotopic (exact) mass is 316 g/mol. The molecule has 6 nitrogen and oxygen atoms in total. The van der Waals surface area contributed by atoms with Crippen molar-refractivity contribution in [1.29, 1.82) is 0 Å². The molecule has 0 amide bonds. The lowest BCUT2D eigenvalue weighted by Gasteiger charge is -2.33. The van der Waals surface area contributed by atoms with Gasteiger partial charge in [0.1, 0.15) is 29.0 Å². The summed E-state index contributed by atoms with van der Waals surface area (Å²) in [7, 11) is 0. The molecule has 1 unspecified atom stereocenters. The van der Waals surface area contributed by atoms with Crippen LogP contribution in [-0.4, -0.2) is 37.3 Å². The Labute approximate surface area is 135 Å². The van der Waals surface area contributed by atoms with Gasteiger partial charge in [0.15, 0.2) is 0 Å². The minimum atomic E-state index is -0.354. The molecule has 122 valence electrons. The van der Waals surface area contributed by atoms with Crippen molar-refractivity contribution in [1.82, 2.24) is 4.98 Å². The van der Waals surface area contributed by atoms with E-state index in [2.05, 4.69) is 4.98 Å². The van der Waals surface area contributed by atoms with E-state index in [0.29, 0.717) is 37.7 Å². The van der Waals surface area contributed by atoms with Crippen LogP contribution in [0, 0.1) is 6.92 Å². The summed E-state index contributed by atoms with van der Waals surface area (Å²) in [6, 6.07) is 7.32. The molecule has 1 fully saturated rings. The van der Waals surface area contributed by atoms with Gasteiger partial charge in [-0.05, 0) is 38.1 Å². The number of aromatic nitrogens is 1. The zero-order chi connectivity index (χ0) is 16.2. The number of ether oxygens (including phenoxy) is 2. The van der Waals surface area contributed by atoms with E-state index in [9.17, 15) is 4.79 Å². The molecule has 0 aliphatic carbocycles. The fourth-order valence-electron chi connectivity index (χ4n) is 2.66. The van der Waals surface area contributed by atoms with Crippen LogP contribution in [0.4, 0.5) is 5.82 Å². The number of hydrogen-bond acceptors (Lipinski definition) is 6. The lowest BCUT2D eigenvalue weighted by atomic mass is 10.2. The number of esters is 1. The van der Waals surface area contributed by atoms with E-state index in [1.807, 2.05) is 24.0 Å². The summed E-state index contributed by atoms with van der Waals surface area (Å²) in [4.78, 5) is 18.5. The largest absolute Gasteiger partial charge is 0.464 e. The normalized spacial score (nSPS) is 18.0. The zero-order valence-corrected chi connectivity index (χ0v) is 13.3. The Kier molecular flexibility index (Phi) is 4.62. The number of nitrogens with zero attached hydrogens (tertiary/aromatic N) is 2. The Hall–Kier alpha value is -2.34. The lowest BCUT2D eigenvalue weighted by molar-refractivity contribution is 0.0248. The number of aryl methyl sites for hydroxylation is 1. The summed E-state index contributed by atoms with van der Waals surface area (Å²) in [6.45, 7) is 5.82. The van der Waals surface area contributed by atoms with Gasteiger partial charge in [0.2, 0.25) is 0 Å². The SMILES string of the molecule is CCOC(=O)c1cccnc1N1CCOC(c2ccc(C)o2)C1. The number of hydrogen-bond donors (Lipinski definition) is 0. The third kappa shape index (κ3) is 3.37. The summed E-state index contributed by atoms with van der Waals surface area (Å²) in [5.41, 5.74) is 0.477. The maximum atomic E-state index is 12.1. The van der Waals surface area contributed by atoms with Crippen LogP contribution in [0.25, 0.3) is 0 Å². The van der Waals surface area contributed by atoms with Crippen molar-refractivity contribution in [3.05, 3.63) is 47.5 Å². The van der Waals surface area contributed by atoms with Crippen molar-refractivity contribution in [2.45, 2.75) is 20.0 Å². The first-order valence-corrected chi connectivity index (χ1v) is 7.74. The predicted molar refractivity (Wildman–Crippen MR) is 84.5 cm³/mol. The standard InChI is InChI=1S/C17H20N2O4/c1-3-21-17(20)13-5-4-8-18-16(13)19-9-10-22-15(11-19)14-7-6-12(2)23-14/h4-8,15H,3,9-11H2,1-2H3. The molecule has 0 spiro atoms. The molecule has 2 aromatic heterocycles. The fraction of sp³-hybridized carbons (Fsp3) is 0.412. The second-order valence-electron chi connectivity index (χ2n) is 5.35. The van der Waals surface area contributed by atoms with Gasteiger partial charge in [-0.15, -0.1) is 0 Å². The van der Waals surface area contributed by atoms with Gasteiger partial charge in [0.05, 0.1) is 19.8 Å². The van der Waals surface area contributed by atoms with Crippen LogP contribution in [0.5, 0.6) is 0 Å². The Morgan fingerprint density at radius 1 is 1.43 bits per heavy atom. The number of pyridine rings is 1. The van der Waals surface area contributed by atoms with Gasteiger partial charge < -0.3 is 18.8 Å². The van der Waals surface area contributed by atoms with Gasteiger partial charge in [-0.1, -0.05) is 0 Å². The van der Waals surface area contributed by atoms with Gasteiger partial charge in [-0.3, -0.25) is 0 Å². The highest BCUT2D eigenvalue weighted by atomic mass is 16.5. The van der Waals surface area contributed by atoms with Gasteiger partial charge in [0, 0.05) is 12.7 Å². The fourth-order valence-corrected chi connectivity index (χ4v) is 2.66. The minimum Gasteiger partial charge on any atom is -0.464 e. The quantitative estimate of drug-likeness (QED) is 0.808. The average molecular weight is 316 g/mol. The second kappa shape index (κ2) is 6.83. The molecule has 2 aromatic rings. The van der Waals surface area contributed by atoms with E-state index < -0.39 is 0 Å².